The predicted octanol–water partition coefficient (Wildman–Crippen LogP) is 3.40. The summed E-state index contributed by atoms with van der Waals surface area (Å²) in [5.74, 6) is 0.723. The molecule has 0 fully saturated rings. The van der Waals surface area contributed by atoms with Gasteiger partial charge >= 0.3 is 0 Å². The molecular weight excluding hydrogens is 253 g/mol. The average Bonchev–Trinajstić information content (AvgIpc) is 2.87. The lowest BCUT2D eigenvalue weighted by atomic mass is 9.96. The summed E-state index contributed by atoms with van der Waals surface area (Å²) in [5.41, 5.74) is 2.91. The Bertz CT molecular complexity index is 601. The van der Waals surface area contributed by atoms with E-state index in [1.807, 2.05) is 38.2 Å². The first kappa shape index (κ1) is 13.1. The minimum Gasteiger partial charge on any atom is -0.488 e. The van der Waals surface area contributed by atoms with Gasteiger partial charge in [0, 0.05) is 12.0 Å². The molecule has 1 N–H and O–H groups in total. The predicted molar refractivity (Wildman–Crippen MR) is 77.5 cm³/mol. The van der Waals surface area contributed by atoms with E-state index >= 15 is 0 Å². The van der Waals surface area contributed by atoms with Crippen LogP contribution in [-0.4, -0.2) is 13.2 Å². The molecule has 0 amide bonds. The van der Waals surface area contributed by atoms with Gasteiger partial charge in [0.15, 0.2) is 0 Å². The number of para-hydroxylation sites is 1. The zero-order valence-electron chi connectivity index (χ0n) is 11.7. The number of fused-ring (bicyclic) bond motifs is 1. The summed E-state index contributed by atoms with van der Waals surface area (Å²) < 4.78 is 20.1. The van der Waals surface area contributed by atoms with Crippen molar-refractivity contribution < 1.29 is 9.13 Å². The minimum absolute atomic E-state index is 0.0753. The van der Waals surface area contributed by atoms with Crippen molar-refractivity contribution in [2.24, 2.45) is 0 Å². The summed E-state index contributed by atoms with van der Waals surface area (Å²) in [6.45, 7) is 1.97. The first-order valence-electron chi connectivity index (χ1n) is 6.87. The summed E-state index contributed by atoms with van der Waals surface area (Å²) in [4.78, 5) is 0. The van der Waals surface area contributed by atoms with E-state index in [0.29, 0.717) is 5.56 Å². The molecule has 1 aliphatic heterocycles. The van der Waals surface area contributed by atoms with Gasteiger partial charge in [-0.15, -0.1) is 0 Å². The number of rotatable bonds is 3. The van der Waals surface area contributed by atoms with Crippen molar-refractivity contribution in [1.82, 2.24) is 5.32 Å². The molecule has 0 aromatic heterocycles. The van der Waals surface area contributed by atoms with E-state index in [1.165, 1.54) is 11.6 Å². The van der Waals surface area contributed by atoms with Gasteiger partial charge in [0.1, 0.15) is 17.7 Å². The van der Waals surface area contributed by atoms with Crippen LogP contribution in [0.25, 0.3) is 0 Å². The molecule has 0 saturated carbocycles. The Morgan fingerprint density at radius 1 is 1.25 bits per heavy atom. The molecule has 2 atom stereocenters. The molecule has 20 heavy (non-hydrogen) atoms. The summed E-state index contributed by atoms with van der Waals surface area (Å²) >= 11 is 0. The zero-order valence-corrected chi connectivity index (χ0v) is 11.7. The van der Waals surface area contributed by atoms with E-state index in [4.69, 9.17) is 4.74 Å². The van der Waals surface area contributed by atoms with Crippen LogP contribution in [0.4, 0.5) is 4.39 Å². The highest BCUT2D eigenvalue weighted by molar-refractivity contribution is 5.39. The Labute approximate surface area is 118 Å². The van der Waals surface area contributed by atoms with E-state index < -0.39 is 0 Å². The molecule has 0 bridgehead atoms. The lowest BCUT2D eigenvalue weighted by Gasteiger charge is -2.24. The number of ether oxygens (including phenoxy) is 1. The van der Waals surface area contributed by atoms with Crippen molar-refractivity contribution in [2.75, 3.05) is 7.05 Å². The maximum atomic E-state index is 14.1. The van der Waals surface area contributed by atoms with Gasteiger partial charge in [-0.25, -0.2) is 4.39 Å². The van der Waals surface area contributed by atoms with Gasteiger partial charge < -0.3 is 10.1 Å². The number of likely N-dealkylation sites (N-methyl/N-ethyl adjacent to an activating group) is 1. The maximum absolute atomic E-state index is 14.1. The molecule has 2 nitrogen and oxygen atoms in total. The van der Waals surface area contributed by atoms with Gasteiger partial charge in [0.25, 0.3) is 0 Å². The van der Waals surface area contributed by atoms with Crippen LogP contribution in [0.5, 0.6) is 5.75 Å². The van der Waals surface area contributed by atoms with E-state index in [-0.39, 0.29) is 18.0 Å². The molecule has 3 heteroatoms. The molecule has 2 unspecified atom stereocenters. The van der Waals surface area contributed by atoms with Crippen molar-refractivity contribution in [3.8, 4) is 5.75 Å². The van der Waals surface area contributed by atoms with Crippen LogP contribution in [-0.2, 0) is 6.42 Å². The van der Waals surface area contributed by atoms with Gasteiger partial charge in [0.05, 0.1) is 6.04 Å². The zero-order chi connectivity index (χ0) is 14.1. The second-order valence-corrected chi connectivity index (χ2v) is 5.26. The molecule has 2 aromatic rings. The molecule has 3 rings (SSSR count). The molecule has 0 spiro atoms. The van der Waals surface area contributed by atoms with Crippen molar-refractivity contribution in [3.05, 3.63) is 65.0 Å². The molecular formula is C17H18FNO. The minimum atomic E-state index is -0.186. The fraction of sp³-hybridized carbons (Fsp3) is 0.294. The van der Waals surface area contributed by atoms with Crippen LogP contribution < -0.4 is 10.1 Å². The molecule has 0 saturated heterocycles. The lowest BCUT2D eigenvalue weighted by molar-refractivity contribution is 0.181. The number of hydrogen-bond acceptors (Lipinski definition) is 2. The van der Waals surface area contributed by atoms with E-state index in [0.717, 1.165) is 17.7 Å². The van der Waals surface area contributed by atoms with Crippen LogP contribution in [0.15, 0.2) is 42.5 Å². The monoisotopic (exact) mass is 271 g/mol. The fourth-order valence-electron chi connectivity index (χ4n) is 2.84. The molecule has 1 aliphatic rings. The van der Waals surface area contributed by atoms with Gasteiger partial charge in [-0.2, -0.15) is 0 Å². The third kappa shape index (κ3) is 2.29. The second-order valence-electron chi connectivity index (χ2n) is 5.26. The molecule has 0 aliphatic carbocycles. The summed E-state index contributed by atoms with van der Waals surface area (Å²) in [6.07, 6.45) is 0.725. The van der Waals surface area contributed by atoms with Crippen molar-refractivity contribution in [1.29, 1.82) is 0 Å². The number of aryl methyl sites for hydroxylation is 1. The third-order valence-electron chi connectivity index (χ3n) is 3.84. The van der Waals surface area contributed by atoms with Crippen LogP contribution in [0.3, 0.4) is 0 Å². The smallest absolute Gasteiger partial charge is 0.128 e. The first-order chi connectivity index (χ1) is 9.69. The quantitative estimate of drug-likeness (QED) is 0.924. The summed E-state index contributed by atoms with van der Waals surface area (Å²) in [7, 11) is 1.85. The largest absolute Gasteiger partial charge is 0.488 e. The van der Waals surface area contributed by atoms with Crippen molar-refractivity contribution in [2.45, 2.75) is 25.5 Å². The number of nitrogens with one attached hydrogen (secondary N) is 1. The molecule has 1 heterocycles. The standard InChI is InChI=1S/C17H18FNO/c1-11-7-8-14(18)13(9-11)17(19-2)16-10-12-5-3-4-6-15(12)20-16/h3-9,16-17,19H,10H2,1-2H3. The van der Waals surface area contributed by atoms with Crippen LogP contribution in [0.1, 0.15) is 22.7 Å². The Morgan fingerprint density at radius 3 is 2.80 bits per heavy atom. The number of halogens is 1. The first-order valence-corrected chi connectivity index (χ1v) is 6.87. The maximum Gasteiger partial charge on any atom is 0.128 e. The van der Waals surface area contributed by atoms with Gasteiger partial charge in [0.2, 0.25) is 0 Å². The molecule has 104 valence electrons. The van der Waals surface area contributed by atoms with Crippen LogP contribution in [0, 0.1) is 12.7 Å². The second kappa shape index (κ2) is 5.25. The van der Waals surface area contributed by atoms with Crippen LogP contribution >= 0.6 is 0 Å². The Balaban J connectivity index is 1.91. The van der Waals surface area contributed by atoms with E-state index in [1.54, 1.807) is 6.07 Å². The Kier molecular flexibility index (Phi) is 3.45. The van der Waals surface area contributed by atoms with Gasteiger partial charge in [-0.3, -0.25) is 0 Å². The number of benzene rings is 2. The number of hydrogen-bond donors (Lipinski definition) is 1. The highest BCUT2D eigenvalue weighted by Gasteiger charge is 2.31. The van der Waals surface area contributed by atoms with Gasteiger partial charge in [-0.05, 0) is 31.7 Å². The normalized spacial score (nSPS) is 18.4. The van der Waals surface area contributed by atoms with Crippen molar-refractivity contribution in [3.63, 3.8) is 0 Å². The van der Waals surface area contributed by atoms with Gasteiger partial charge in [-0.1, -0.05) is 35.9 Å². The third-order valence-corrected chi connectivity index (χ3v) is 3.84. The average molecular weight is 271 g/mol. The van der Waals surface area contributed by atoms with Crippen LogP contribution in [0.2, 0.25) is 0 Å². The summed E-state index contributed by atoms with van der Waals surface area (Å²) in [5, 5.41) is 3.20. The highest BCUT2D eigenvalue weighted by atomic mass is 19.1. The SMILES string of the molecule is CNC(c1cc(C)ccc1F)C1Cc2ccccc2O1. The van der Waals surface area contributed by atoms with E-state index in [9.17, 15) is 4.39 Å². The Morgan fingerprint density at radius 2 is 2.05 bits per heavy atom. The Hall–Kier alpha value is -1.87. The topological polar surface area (TPSA) is 21.3 Å². The lowest BCUT2D eigenvalue weighted by Crippen LogP contribution is -2.33. The highest BCUT2D eigenvalue weighted by Crippen LogP contribution is 2.34. The molecule has 2 aromatic carbocycles. The van der Waals surface area contributed by atoms with Crippen molar-refractivity contribution >= 4 is 0 Å². The molecule has 0 radical (unpaired) electrons. The van der Waals surface area contributed by atoms with E-state index in [2.05, 4.69) is 11.4 Å². The fourth-order valence-corrected chi connectivity index (χ4v) is 2.84. The summed E-state index contributed by atoms with van der Waals surface area (Å²) in [6, 6.07) is 13.1.